The molecule has 1 atom stereocenters. The molecule has 1 aliphatic carbocycles. The Bertz CT molecular complexity index is 297. The van der Waals surface area contributed by atoms with E-state index in [2.05, 4.69) is 0 Å². The first-order chi connectivity index (χ1) is 7.29. The third-order valence-corrected chi connectivity index (χ3v) is 3.68. The summed E-state index contributed by atoms with van der Waals surface area (Å²) in [6.07, 6.45) is 5.60. The summed E-state index contributed by atoms with van der Waals surface area (Å²) in [5.74, 6) is -0.193. The summed E-state index contributed by atoms with van der Waals surface area (Å²) in [7, 11) is 0. The lowest BCUT2D eigenvalue weighted by atomic mass is 9.81. The predicted octanol–water partition coefficient (Wildman–Crippen LogP) is 2.82. The Hall–Kier alpha value is -0.570. The van der Waals surface area contributed by atoms with Gasteiger partial charge in [-0.2, -0.15) is 0 Å². The van der Waals surface area contributed by atoms with Gasteiger partial charge in [-0.05, 0) is 40.5 Å². The molecule has 0 aromatic rings. The molecule has 2 aliphatic rings. The van der Waals surface area contributed by atoms with E-state index in [0.717, 1.165) is 12.8 Å². The number of esters is 1. The SMILES string of the molecule is CC(C)(C)OC(=O)C1(C)OC12CCCCC2. The van der Waals surface area contributed by atoms with E-state index in [1.807, 2.05) is 27.7 Å². The average Bonchev–Trinajstić information content (AvgIpc) is 2.71. The van der Waals surface area contributed by atoms with Crippen LogP contribution < -0.4 is 0 Å². The highest BCUT2D eigenvalue weighted by atomic mass is 16.7. The van der Waals surface area contributed by atoms with Gasteiger partial charge in [-0.15, -0.1) is 0 Å². The zero-order chi connectivity index (χ0) is 12.0. The second-order valence-corrected chi connectivity index (χ2v) is 6.19. The van der Waals surface area contributed by atoms with Gasteiger partial charge < -0.3 is 9.47 Å². The first-order valence-corrected chi connectivity index (χ1v) is 6.23. The number of ether oxygens (including phenoxy) is 2. The van der Waals surface area contributed by atoms with Crippen molar-refractivity contribution >= 4 is 5.97 Å². The molecule has 0 aromatic carbocycles. The molecule has 2 fully saturated rings. The molecule has 0 aromatic heterocycles. The van der Waals surface area contributed by atoms with Crippen LogP contribution in [0.5, 0.6) is 0 Å². The van der Waals surface area contributed by atoms with Gasteiger partial charge in [0.15, 0.2) is 5.60 Å². The summed E-state index contributed by atoms with van der Waals surface area (Å²) in [5, 5.41) is 0. The third kappa shape index (κ3) is 1.86. The summed E-state index contributed by atoms with van der Waals surface area (Å²) in [5.41, 5.74) is -1.31. The van der Waals surface area contributed by atoms with Gasteiger partial charge >= 0.3 is 5.97 Å². The summed E-state index contributed by atoms with van der Waals surface area (Å²) < 4.78 is 11.2. The van der Waals surface area contributed by atoms with Gasteiger partial charge in [-0.1, -0.05) is 19.3 Å². The molecule has 0 N–H and O–H groups in total. The van der Waals surface area contributed by atoms with Gasteiger partial charge in [0.05, 0.1) is 0 Å². The van der Waals surface area contributed by atoms with E-state index in [4.69, 9.17) is 9.47 Å². The number of epoxide rings is 1. The molecule has 0 bridgehead atoms. The van der Waals surface area contributed by atoms with Crippen LogP contribution in [0, 0.1) is 0 Å². The van der Waals surface area contributed by atoms with Crippen molar-refractivity contribution in [2.75, 3.05) is 0 Å². The van der Waals surface area contributed by atoms with Crippen molar-refractivity contribution in [3.8, 4) is 0 Å². The van der Waals surface area contributed by atoms with Crippen LogP contribution in [0.3, 0.4) is 0 Å². The maximum atomic E-state index is 12.1. The second kappa shape index (κ2) is 3.46. The lowest BCUT2D eigenvalue weighted by Gasteiger charge is -2.24. The smallest absolute Gasteiger partial charge is 0.341 e. The highest BCUT2D eigenvalue weighted by molar-refractivity contribution is 5.84. The molecule has 1 saturated heterocycles. The molecule has 2 rings (SSSR count). The standard InChI is InChI=1S/C13H22O3/c1-11(2,3)15-10(14)12(4)13(16-12)8-6-5-7-9-13/h5-9H2,1-4H3. The van der Waals surface area contributed by atoms with E-state index in [1.54, 1.807) is 0 Å². The van der Waals surface area contributed by atoms with E-state index in [-0.39, 0.29) is 11.6 Å². The number of hydrogen-bond donors (Lipinski definition) is 0. The molecule has 3 nitrogen and oxygen atoms in total. The average molecular weight is 226 g/mol. The fourth-order valence-electron chi connectivity index (χ4n) is 2.67. The highest BCUT2D eigenvalue weighted by Gasteiger charge is 2.72. The van der Waals surface area contributed by atoms with E-state index >= 15 is 0 Å². The highest BCUT2D eigenvalue weighted by Crippen LogP contribution is 2.57. The number of hydrogen-bond acceptors (Lipinski definition) is 3. The van der Waals surface area contributed by atoms with Crippen LogP contribution >= 0.6 is 0 Å². The van der Waals surface area contributed by atoms with Crippen LogP contribution in [0.15, 0.2) is 0 Å². The van der Waals surface area contributed by atoms with E-state index in [1.165, 1.54) is 19.3 Å². The lowest BCUT2D eigenvalue weighted by Crippen LogP contribution is -2.38. The fraction of sp³-hybridized carbons (Fsp3) is 0.923. The Morgan fingerprint density at radius 2 is 1.75 bits per heavy atom. The van der Waals surface area contributed by atoms with Crippen LogP contribution in [0.4, 0.5) is 0 Å². The van der Waals surface area contributed by atoms with Crippen molar-refractivity contribution < 1.29 is 14.3 Å². The molecule has 1 saturated carbocycles. The van der Waals surface area contributed by atoms with Gasteiger partial charge in [-0.3, -0.25) is 0 Å². The van der Waals surface area contributed by atoms with Crippen LogP contribution in [-0.2, 0) is 14.3 Å². The zero-order valence-electron chi connectivity index (χ0n) is 10.8. The Morgan fingerprint density at radius 1 is 1.19 bits per heavy atom. The largest absolute Gasteiger partial charge is 0.458 e. The number of carbonyl (C=O) groups excluding carboxylic acids is 1. The van der Waals surface area contributed by atoms with E-state index < -0.39 is 11.2 Å². The van der Waals surface area contributed by atoms with Crippen LogP contribution in [0.1, 0.15) is 59.8 Å². The first-order valence-electron chi connectivity index (χ1n) is 6.23. The van der Waals surface area contributed by atoms with Gasteiger partial charge in [0, 0.05) is 0 Å². The van der Waals surface area contributed by atoms with Crippen molar-refractivity contribution in [3.63, 3.8) is 0 Å². The molecule has 3 heteroatoms. The molecular weight excluding hydrogens is 204 g/mol. The topological polar surface area (TPSA) is 38.8 Å². The molecule has 1 aliphatic heterocycles. The number of carbonyl (C=O) groups is 1. The summed E-state index contributed by atoms with van der Waals surface area (Å²) in [6.45, 7) is 7.56. The minimum absolute atomic E-state index is 0.193. The summed E-state index contributed by atoms with van der Waals surface area (Å²) in [6, 6.07) is 0. The van der Waals surface area contributed by atoms with Crippen LogP contribution in [0.25, 0.3) is 0 Å². The Balaban J connectivity index is 2.03. The van der Waals surface area contributed by atoms with Crippen molar-refractivity contribution in [2.45, 2.75) is 76.6 Å². The van der Waals surface area contributed by atoms with Crippen molar-refractivity contribution in [1.82, 2.24) is 0 Å². The molecule has 1 heterocycles. The van der Waals surface area contributed by atoms with Gasteiger partial charge in [0.2, 0.25) is 0 Å². The Labute approximate surface area is 97.5 Å². The fourth-order valence-corrected chi connectivity index (χ4v) is 2.67. The molecule has 92 valence electrons. The normalized spacial score (nSPS) is 32.5. The quantitative estimate of drug-likeness (QED) is 0.510. The molecular formula is C13H22O3. The van der Waals surface area contributed by atoms with E-state index in [0.29, 0.717) is 0 Å². The van der Waals surface area contributed by atoms with Crippen molar-refractivity contribution in [3.05, 3.63) is 0 Å². The summed E-state index contributed by atoms with van der Waals surface area (Å²) >= 11 is 0. The van der Waals surface area contributed by atoms with Gasteiger partial charge in [0.25, 0.3) is 0 Å². The van der Waals surface area contributed by atoms with Gasteiger partial charge in [-0.25, -0.2) is 4.79 Å². The minimum atomic E-state index is -0.680. The van der Waals surface area contributed by atoms with Crippen LogP contribution in [0.2, 0.25) is 0 Å². The molecule has 16 heavy (non-hydrogen) atoms. The Morgan fingerprint density at radius 3 is 2.25 bits per heavy atom. The lowest BCUT2D eigenvalue weighted by molar-refractivity contribution is -0.160. The second-order valence-electron chi connectivity index (χ2n) is 6.19. The molecule has 1 spiro atoms. The number of rotatable bonds is 1. The Kier molecular flexibility index (Phi) is 2.57. The molecule has 1 unspecified atom stereocenters. The molecule has 0 radical (unpaired) electrons. The zero-order valence-corrected chi connectivity index (χ0v) is 10.8. The van der Waals surface area contributed by atoms with Crippen LogP contribution in [-0.4, -0.2) is 22.8 Å². The van der Waals surface area contributed by atoms with Crippen molar-refractivity contribution in [1.29, 1.82) is 0 Å². The first kappa shape index (κ1) is 11.9. The van der Waals surface area contributed by atoms with Crippen molar-refractivity contribution in [2.24, 2.45) is 0 Å². The molecule has 0 amide bonds. The van der Waals surface area contributed by atoms with E-state index in [9.17, 15) is 4.79 Å². The minimum Gasteiger partial charge on any atom is -0.458 e. The summed E-state index contributed by atoms with van der Waals surface area (Å²) in [4.78, 5) is 12.1. The maximum absolute atomic E-state index is 12.1. The van der Waals surface area contributed by atoms with Gasteiger partial charge in [0.1, 0.15) is 11.2 Å². The monoisotopic (exact) mass is 226 g/mol. The maximum Gasteiger partial charge on any atom is 0.341 e. The third-order valence-electron chi connectivity index (χ3n) is 3.68. The predicted molar refractivity (Wildman–Crippen MR) is 61.2 cm³/mol.